The molecule has 1 fully saturated rings. The van der Waals surface area contributed by atoms with Crippen molar-refractivity contribution in [3.8, 4) is 0 Å². The molecule has 0 spiro atoms. The highest BCUT2D eigenvalue weighted by atomic mass is 14.9. The van der Waals surface area contributed by atoms with Crippen molar-refractivity contribution in [3.63, 3.8) is 0 Å². The summed E-state index contributed by atoms with van der Waals surface area (Å²) in [4.78, 5) is 0. The zero-order valence-electron chi connectivity index (χ0n) is 6.54. The Morgan fingerprint density at radius 1 is 1.44 bits per heavy atom. The van der Waals surface area contributed by atoms with E-state index in [0.717, 1.165) is 0 Å². The second-order valence-electron chi connectivity index (χ2n) is 3.49. The van der Waals surface area contributed by atoms with Crippen molar-refractivity contribution in [2.24, 2.45) is 5.41 Å². The van der Waals surface area contributed by atoms with Crippen LogP contribution in [-0.2, 0) is 0 Å². The fourth-order valence-electron chi connectivity index (χ4n) is 0.957. The standard InChI is InChI=1S/C8H17N/c1-3-6-9-7-8(2)4-5-8/h9H,3-7H2,1-2H3. The average Bonchev–Trinajstić information content (AvgIpc) is 2.50. The second kappa shape index (κ2) is 2.70. The third-order valence-electron chi connectivity index (χ3n) is 2.08. The van der Waals surface area contributed by atoms with Gasteiger partial charge in [0.05, 0.1) is 0 Å². The van der Waals surface area contributed by atoms with E-state index in [9.17, 15) is 0 Å². The third kappa shape index (κ3) is 2.35. The SMILES string of the molecule is CCCNCC1(C)CC1. The maximum absolute atomic E-state index is 3.44. The van der Waals surface area contributed by atoms with E-state index in [1.165, 1.54) is 32.4 Å². The van der Waals surface area contributed by atoms with E-state index in [1.54, 1.807) is 0 Å². The molecule has 0 aromatic rings. The first-order valence-corrected chi connectivity index (χ1v) is 3.97. The minimum atomic E-state index is 0.690. The lowest BCUT2D eigenvalue weighted by atomic mass is 10.1. The largest absolute Gasteiger partial charge is 0.316 e. The summed E-state index contributed by atoms with van der Waals surface area (Å²) < 4.78 is 0. The normalized spacial score (nSPS) is 22.0. The Hall–Kier alpha value is -0.0400. The molecule has 1 saturated carbocycles. The Kier molecular flexibility index (Phi) is 2.12. The van der Waals surface area contributed by atoms with Crippen molar-refractivity contribution in [2.45, 2.75) is 33.1 Å². The Bertz CT molecular complexity index is 84.6. The lowest BCUT2D eigenvalue weighted by Crippen LogP contribution is -2.22. The smallest absolute Gasteiger partial charge is 0.000516 e. The van der Waals surface area contributed by atoms with Gasteiger partial charge in [0, 0.05) is 6.54 Å². The minimum Gasteiger partial charge on any atom is -0.316 e. The fourth-order valence-corrected chi connectivity index (χ4v) is 0.957. The van der Waals surface area contributed by atoms with Gasteiger partial charge in [-0.05, 0) is 31.2 Å². The monoisotopic (exact) mass is 127 g/mol. The molecule has 0 heterocycles. The van der Waals surface area contributed by atoms with Crippen LogP contribution in [-0.4, -0.2) is 13.1 Å². The molecule has 1 aliphatic carbocycles. The first-order valence-electron chi connectivity index (χ1n) is 3.97. The molecule has 0 unspecified atom stereocenters. The van der Waals surface area contributed by atoms with Gasteiger partial charge in [-0.15, -0.1) is 0 Å². The summed E-state index contributed by atoms with van der Waals surface area (Å²) >= 11 is 0. The van der Waals surface area contributed by atoms with E-state index >= 15 is 0 Å². The first kappa shape index (κ1) is 7.07. The number of nitrogens with one attached hydrogen (secondary N) is 1. The van der Waals surface area contributed by atoms with Crippen LogP contribution in [0.3, 0.4) is 0 Å². The van der Waals surface area contributed by atoms with Crippen LogP contribution in [0.2, 0.25) is 0 Å². The van der Waals surface area contributed by atoms with Gasteiger partial charge in [0.1, 0.15) is 0 Å². The van der Waals surface area contributed by atoms with Gasteiger partial charge >= 0.3 is 0 Å². The van der Waals surface area contributed by atoms with Gasteiger partial charge in [0.15, 0.2) is 0 Å². The molecule has 9 heavy (non-hydrogen) atoms. The summed E-state index contributed by atoms with van der Waals surface area (Å²) in [7, 11) is 0. The van der Waals surface area contributed by atoms with Crippen LogP contribution in [0.25, 0.3) is 0 Å². The van der Waals surface area contributed by atoms with Gasteiger partial charge in [-0.3, -0.25) is 0 Å². The molecule has 0 aromatic carbocycles. The molecular formula is C8H17N. The fraction of sp³-hybridized carbons (Fsp3) is 1.00. The Morgan fingerprint density at radius 2 is 2.11 bits per heavy atom. The highest BCUT2D eigenvalue weighted by molar-refractivity contribution is 4.89. The Morgan fingerprint density at radius 3 is 2.56 bits per heavy atom. The minimum absolute atomic E-state index is 0.690. The van der Waals surface area contributed by atoms with Crippen molar-refractivity contribution >= 4 is 0 Å². The van der Waals surface area contributed by atoms with Crippen molar-refractivity contribution in [1.82, 2.24) is 5.32 Å². The molecule has 1 aliphatic rings. The van der Waals surface area contributed by atoms with Crippen LogP contribution < -0.4 is 5.32 Å². The summed E-state index contributed by atoms with van der Waals surface area (Å²) in [6, 6.07) is 0. The predicted molar refractivity (Wildman–Crippen MR) is 40.5 cm³/mol. The van der Waals surface area contributed by atoms with E-state index in [-0.39, 0.29) is 0 Å². The van der Waals surface area contributed by atoms with E-state index in [2.05, 4.69) is 19.2 Å². The van der Waals surface area contributed by atoms with Crippen molar-refractivity contribution < 1.29 is 0 Å². The Balaban J connectivity index is 1.92. The van der Waals surface area contributed by atoms with Gasteiger partial charge in [-0.1, -0.05) is 13.8 Å². The van der Waals surface area contributed by atoms with Gasteiger partial charge in [-0.25, -0.2) is 0 Å². The molecule has 1 rings (SSSR count). The van der Waals surface area contributed by atoms with E-state index in [1.807, 2.05) is 0 Å². The highest BCUT2D eigenvalue weighted by Gasteiger charge is 2.36. The van der Waals surface area contributed by atoms with Gasteiger partial charge in [0.25, 0.3) is 0 Å². The third-order valence-corrected chi connectivity index (χ3v) is 2.08. The average molecular weight is 127 g/mol. The van der Waals surface area contributed by atoms with Crippen molar-refractivity contribution in [3.05, 3.63) is 0 Å². The molecule has 54 valence electrons. The zero-order valence-corrected chi connectivity index (χ0v) is 6.54. The molecule has 0 bridgehead atoms. The summed E-state index contributed by atoms with van der Waals surface area (Å²) in [6.07, 6.45) is 4.13. The molecule has 1 N–H and O–H groups in total. The predicted octanol–water partition coefficient (Wildman–Crippen LogP) is 1.79. The summed E-state index contributed by atoms with van der Waals surface area (Å²) in [6.45, 7) is 6.99. The molecule has 0 saturated heterocycles. The first-order chi connectivity index (χ1) is 4.27. The Labute approximate surface area is 57.8 Å². The van der Waals surface area contributed by atoms with Gasteiger partial charge < -0.3 is 5.32 Å². The summed E-state index contributed by atoms with van der Waals surface area (Å²) in [5.41, 5.74) is 0.690. The lowest BCUT2D eigenvalue weighted by Gasteiger charge is -2.07. The number of hydrogen-bond acceptors (Lipinski definition) is 1. The molecule has 0 aromatic heterocycles. The molecule has 0 aliphatic heterocycles. The highest BCUT2D eigenvalue weighted by Crippen LogP contribution is 2.43. The number of hydrogen-bond donors (Lipinski definition) is 1. The van der Waals surface area contributed by atoms with Crippen LogP contribution in [0.15, 0.2) is 0 Å². The van der Waals surface area contributed by atoms with Crippen LogP contribution in [0.5, 0.6) is 0 Å². The molecule has 0 amide bonds. The summed E-state index contributed by atoms with van der Waals surface area (Å²) in [5.74, 6) is 0. The molecular weight excluding hydrogens is 110 g/mol. The maximum Gasteiger partial charge on any atom is 0.000516 e. The van der Waals surface area contributed by atoms with Gasteiger partial charge in [0.2, 0.25) is 0 Å². The lowest BCUT2D eigenvalue weighted by molar-refractivity contribution is 0.499. The van der Waals surface area contributed by atoms with Crippen molar-refractivity contribution in [2.75, 3.05) is 13.1 Å². The van der Waals surface area contributed by atoms with E-state index in [4.69, 9.17) is 0 Å². The molecule has 1 heteroatoms. The van der Waals surface area contributed by atoms with Crippen LogP contribution in [0, 0.1) is 5.41 Å². The van der Waals surface area contributed by atoms with Crippen LogP contribution in [0.1, 0.15) is 33.1 Å². The summed E-state index contributed by atoms with van der Waals surface area (Å²) in [5, 5.41) is 3.44. The zero-order chi connectivity index (χ0) is 6.74. The van der Waals surface area contributed by atoms with Crippen molar-refractivity contribution in [1.29, 1.82) is 0 Å². The maximum atomic E-state index is 3.44. The quantitative estimate of drug-likeness (QED) is 0.568. The topological polar surface area (TPSA) is 12.0 Å². The molecule has 1 nitrogen and oxygen atoms in total. The molecule has 0 atom stereocenters. The van der Waals surface area contributed by atoms with E-state index < -0.39 is 0 Å². The second-order valence-corrected chi connectivity index (χ2v) is 3.49. The van der Waals surface area contributed by atoms with Gasteiger partial charge in [-0.2, -0.15) is 0 Å². The van der Waals surface area contributed by atoms with Crippen LogP contribution in [0.4, 0.5) is 0 Å². The van der Waals surface area contributed by atoms with Crippen LogP contribution >= 0.6 is 0 Å². The van der Waals surface area contributed by atoms with E-state index in [0.29, 0.717) is 5.41 Å². The molecule has 0 radical (unpaired) electrons. The number of rotatable bonds is 4.